The minimum Gasteiger partial charge on any atom is -0.493 e. The Hall–Kier alpha value is -3.35. The zero-order chi connectivity index (χ0) is 18.7. The van der Waals surface area contributed by atoms with E-state index >= 15 is 0 Å². The van der Waals surface area contributed by atoms with Crippen LogP contribution in [0, 0.1) is 0 Å². The van der Waals surface area contributed by atoms with Crippen molar-refractivity contribution in [2.45, 2.75) is 13.8 Å². The van der Waals surface area contributed by atoms with Gasteiger partial charge in [0.25, 0.3) is 11.8 Å². The highest BCUT2D eigenvalue weighted by molar-refractivity contribution is 6.31. The molecule has 7 nitrogen and oxygen atoms in total. The number of imide groups is 2. The number of benzene rings is 2. The second-order valence-corrected chi connectivity index (χ2v) is 5.49. The number of urea groups is 1. The van der Waals surface area contributed by atoms with Crippen LogP contribution in [0.4, 0.5) is 4.79 Å². The smallest absolute Gasteiger partial charge is 0.328 e. The van der Waals surface area contributed by atoms with E-state index in [4.69, 9.17) is 9.47 Å². The Balaban J connectivity index is 2.26. The highest BCUT2D eigenvalue weighted by Crippen LogP contribution is 2.36. The summed E-state index contributed by atoms with van der Waals surface area (Å²) in [4.78, 5) is 35.5. The van der Waals surface area contributed by atoms with Crippen molar-refractivity contribution in [3.05, 3.63) is 41.5 Å². The fourth-order valence-corrected chi connectivity index (χ4v) is 2.80. The maximum atomic E-state index is 12.1. The van der Waals surface area contributed by atoms with Crippen LogP contribution in [0.1, 0.15) is 19.4 Å². The lowest BCUT2D eigenvalue weighted by Crippen LogP contribution is -2.51. The Morgan fingerprint density at radius 3 is 2.19 bits per heavy atom. The second kappa shape index (κ2) is 7.26. The molecule has 7 heteroatoms. The first-order valence-corrected chi connectivity index (χ1v) is 8.24. The van der Waals surface area contributed by atoms with E-state index in [9.17, 15) is 14.4 Å². The Bertz CT molecular complexity index is 911. The predicted octanol–water partition coefficient (Wildman–Crippen LogP) is 2.39. The molecule has 0 unspecified atom stereocenters. The monoisotopic (exact) mass is 354 g/mol. The van der Waals surface area contributed by atoms with Crippen LogP contribution in [-0.2, 0) is 9.59 Å². The van der Waals surface area contributed by atoms with E-state index in [1.807, 2.05) is 38.1 Å². The summed E-state index contributed by atoms with van der Waals surface area (Å²) in [6, 6.07) is 8.40. The molecule has 1 saturated heterocycles. The van der Waals surface area contributed by atoms with Gasteiger partial charge in [0.1, 0.15) is 17.1 Å². The zero-order valence-electron chi connectivity index (χ0n) is 14.4. The highest BCUT2D eigenvalue weighted by Gasteiger charge is 2.28. The predicted molar refractivity (Wildman–Crippen MR) is 95.9 cm³/mol. The van der Waals surface area contributed by atoms with Crippen molar-refractivity contribution in [3.8, 4) is 11.5 Å². The van der Waals surface area contributed by atoms with E-state index in [1.165, 1.54) is 6.08 Å². The van der Waals surface area contributed by atoms with Gasteiger partial charge in [0.2, 0.25) is 0 Å². The third-order valence-corrected chi connectivity index (χ3v) is 3.84. The number of carbonyl (C=O) groups excluding carboxylic acids is 3. The number of fused-ring (bicyclic) bond motifs is 1. The molecule has 1 heterocycles. The zero-order valence-corrected chi connectivity index (χ0v) is 14.4. The van der Waals surface area contributed by atoms with Gasteiger partial charge in [-0.2, -0.15) is 0 Å². The summed E-state index contributed by atoms with van der Waals surface area (Å²) in [5, 5.41) is 5.74. The molecule has 2 aromatic carbocycles. The molecule has 0 atom stereocenters. The van der Waals surface area contributed by atoms with Crippen molar-refractivity contribution in [2.24, 2.45) is 0 Å². The molecule has 3 rings (SSSR count). The van der Waals surface area contributed by atoms with Crippen LogP contribution in [0.5, 0.6) is 11.5 Å². The molecule has 26 heavy (non-hydrogen) atoms. The third-order valence-electron chi connectivity index (χ3n) is 3.84. The van der Waals surface area contributed by atoms with Crippen LogP contribution < -0.4 is 20.1 Å². The SMILES string of the molecule is CCOc1ccc2cccc(OCC)c2c1C=C1C(=O)NC(=O)NC1=O. The van der Waals surface area contributed by atoms with Gasteiger partial charge in [-0.25, -0.2) is 4.79 Å². The molecule has 4 amide bonds. The molecule has 1 aliphatic heterocycles. The normalized spacial score (nSPS) is 14.1. The summed E-state index contributed by atoms with van der Waals surface area (Å²) in [5.41, 5.74) is 0.368. The summed E-state index contributed by atoms with van der Waals surface area (Å²) < 4.78 is 11.4. The van der Waals surface area contributed by atoms with Gasteiger partial charge in [0, 0.05) is 10.9 Å². The number of barbiturate groups is 1. The van der Waals surface area contributed by atoms with Crippen molar-refractivity contribution < 1.29 is 23.9 Å². The van der Waals surface area contributed by atoms with Crippen molar-refractivity contribution in [1.29, 1.82) is 0 Å². The molecule has 0 aliphatic carbocycles. The number of carbonyl (C=O) groups is 3. The second-order valence-electron chi connectivity index (χ2n) is 5.49. The van der Waals surface area contributed by atoms with Crippen LogP contribution >= 0.6 is 0 Å². The Morgan fingerprint density at radius 2 is 1.54 bits per heavy atom. The number of amides is 4. The lowest BCUT2D eigenvalue weighted by Gasteiger charge is -2.17. The van der Waals surface area contributed by atoms with Crippen LogP contribution in [0.15, 0.2) is 35.9 Å². The first-order chi connectivity index (χ1) is 12.5. The maximum absolute atomic E-state index is 12.1. The van der Waals surface area contributed by atoms with Gasteiger partial charge in [-0.1, -0.05) is 18.2 Å². The highest BCUT2D eigenvalue weighted by atomic mass is 16.5. The summed E-state index contributed by atoms with van der Waals surface area (Å²) in [6.07, 6.45) is 1.42. The minimum atomic E-state index is -0.838. The number of hydrogen-bond acceptors (Lipinski definition) is 5. The Morgan fingerprint density at radius 1 is 0.885 bits per heavy atom. The molecule has 0 radical (unpaired) electrons. The van der Waals surface area contributed by atoms with Gasteiger partial charge in [-0.05, 0) is 37.4 Å². The number of rotatable bonds is 5. The Kier molecular flexibility index (Phi) is 4.88. The largest absolute Gasteiger partial charge is 0.493 e. The first-order valence-electron chi connectivity index (χ1n) is 8.24. The van der Waals surface area contributed by atoms with Gasteiger partial charge in [0.05, 0.1) is 13.2 Å². The molecule has 134 valence electrons. The summed E-state index contributed by atoms with van der Waals surface area (Å²) in [7, 11) is 0. The maximum Gasteiger partial charge on any atom is 0.328 e. The number of ether oxygens (including phenoxy) is 2. The quantitative estimate of drug-likeness (QED) is 0.635. The van der Waals surface area contributed by atoms with Crippen molar-refractivity contribution in [3.63, 3.8) is 0 Å². The number of hydrogen-bond donors (Lipinski definition) is 2. The van der Waals surface area contributed by atoms with E-state index in [0.29, 0.717) is 30.3 Å². The molecule has 0 spiro atoms. The van der Waals surface area contributed by atoms with Crippen LogP contribution in [-0.4, -0.2) is 31.1 Å². The van der Waals surface area contributed by atoms with Crippen LogP contribution in [0.2, 0.25) is 0 Å². The Labute approximate surface area is 150 Å². The average molecular weight is 354 g/mol. The molecular formula is C19H18N2O5. The molecule has 0 saturated carbocycles. The standard InChI is InChI=1S/C19H18N2O5/c1-3-25-14-9-8-11-6-5-7-15(26-4-2)16(11)12(14)10-13-17(22)20-19(24)21-18(13)23/h5-10H,3-4H2,1-2H3,(H2,20,21,22,23,24). The van der Waals surface area contributed by atoms with Crippen LogP contribution in [0.25, 0.3) is 16.8 Å². The lowest BCUT2D eigenvalue weighted by atomic mass is 9.99. The fraction of sp³-hybridized carbons (Fsp3) is 0.211. The van der Waals surface area contributed by atoms with Gasteiger partial charge < -0.3 is 9.47 Å². The minimum absolute atomic E-state index is 0.177. The van der Waals surface area contributed by atoms with E-state index in [2.05, 4.69) is 10.6 Å². The lowest BCUT2D eigenvalue weighted by molar-refractivity contribution is -0.123. The third kappa shape index (κ3) is 3.23. The first kappa shape index (κ1) is 17.5. The topological polar surface area (TPSA) is 93.7 Å². The average Bonchev–Trinajstić information content (AvgIpc) is 2.60. The molecule has 2 aromatic rings. The summed E-state index contributed by atoms with van der Waals surface area (Å²) in [6.45, 7) is 4.59. The van der Waals surface area contributed by atoms with Gasteiger partial charge >= 0.3 is 6.03 Å². The molecule has 0 bridgehead atoms. The van der Waals surface area contributed by atoms with E-state index in [0.717, 1.165) is 10.8 Å². The number of nitrogens with one attached hydrogen (secondary N) is 2. The van der Waals surface area contributed by atoms with Crippen LogP contribution in [0.3, 0.4) is 0 Å². The molecule has 0 aromatic heterocycles. The van der Waals surface area contributed by atoms with Gasteiger partial charge in [0.15, 0.2) is 0 Å². The van der Waals surface area contributed by atoms with Gasteiger partial charge in [-0.15, -0.1) is 0 Å². The van der Waals surface area contributed by atoms with Gasteiger partial charge in [-0.3, -0.25) is 20.2 Å². The molecular weight excluding hydrogens is 336 g/mol. The van der Waals surface area contributed by atoms with E-state index in [-0.39, 0.29) is 5.57 Å². The van der Waals surface area contributed by atoms with E-state index < -0.39 is 17.8 Å². The van der Waals surface area contributed by atoms with Crippen molar-refractivity contribution >= 4 is 34.7 Å². The molecule has 2 N–H and O–H groups in total. The van der Waals surface area contributed by atoms with E-state index in [1.54, 1.807) is 6.07 Å². The summed E-state index contributed by atoms with van der Waals surface area (Å²) in [5.74, 6) is -0.387. The van der Waals surface area contributed by atoms with Crippen molar-refractivity contribution in [2.75, 3.05) is 13.2 Å². The van der Waals surface area contributed by atoms with Crippen molar-refractivity contribution in [1.82, 2.24) is 10.6 Å². The summed E-state index contributed by atoms with van der Waals surface area (Å²) >= 11 is 0. The molecule has 1 fully saturated rings. The fourth-order valence-electron chi connectivity index (χ4n) is 2.80. The molecule has 1 aliphatic rings.